The zero-order chi connectivity index (χ0) is 50.0. The molecule has 9 aromatic carbocycles. The van der Waals surface area contributed by atoms with Gasteiger partial charge >= 0.3 is 0 Å². The summed E-state index contributed by atoms with van der Waals surface area (Å²) < 4.78 is 4.49. The Morgan fingerprint density at radius 3 is 1.74 bits per heavy atom. The molecule has 0 saturated carbocycles. The molecule has 5 nitrogen and oxygen atoms in total. The van der Waals surface area contributed by atoms with Gasteiger partial charge in [0, 0.05) is 61.0 Å². The van der Waals surface area contributed by atoms with E-state index in [-0.39, 0.29) is 37.6 Å². The Bertz CT molecular complexity index is 4030. The smallest absolute Gasteiger partial charge is 0.148 e. The number of fused-ring (bicyclic) bond motifs is 4. The second kappa shape index (κ2) is 19.1. The van der Waals surface area contributed by atoms with Gasteiger partial charge in [0.2, 0.25) is 0 Å². The van der Waals surface area contributed by atoms with Gasteiger partial charge in [-0.15, -0.1) is 29.3 Å². The number of phenols is 1. The average Bonchev–Trinajstić information content (AvgIpc) is 3.96. The Kier molecular flexibility index (Phi) is 12.4. The fraction of sp³-hybridized carbons (Fsp3) is 0.118. The monoisotopic (exact) mass is 1140 g/mol. The maximum Gasteiger partial charge on any atom is 0.148 e. The first kappa shape index (κ1) is 48.2. The topological polar surface area (TPSA) is 55.9 Å². The number of aromatic hydroxyl groups is 1. The molecule has 0 aliphatic carbocycles. The van der Waals surface area contributed by atoms with E-state index >= 15 is 0 Å². The molecule has 0 unspecified atom stereocenters. The summed E-state index contributed by atoms with van der Waals surface area (Å²) in [5, 5.41) is 14.7. The van der Waals surface area contributed by atoms with E-state index in [0.717, 1.165) is 94.4 Å². The van der Waals surface area contributed by atoms with E-state index < -0.39 is 0 Å². The van der Waals surface area contributed by atoms with Crippen molar-refractivity contribution in [1.82, 2.24) is 19.1 Å². The third-order valence-corrected chi connectivity index (χ3v) is 14.3. The fourth-order valence-corrected chi connectivity index (χ4v) is 10.4. The van der Waals surface area contributed by atoms with Crippen LogP contribution < -0.4 is 0 Å². The van der Waals surface area contributed by atoms with Gasteiger partial charge in [-0.1, -0.05) is 198 Å². The van der Waals surface area contributed by atoms with E-state index in [2.05, 4.69) is 251 Å². The van der Waals surface area contributed by atoms with Crippen LogP contribution in [0.4, 0.5) is 0 Å². The summed E-state index contributed by atoms with van der Waals surface area (Å²) in [4.78, 5) is 10.7. The SMILES string of the molecule is CC(C)(C)c1cc(-c2cc(-c3ccc(-c4ccccc4)cc3)ccn2)[c-]c(-c2cccc3c2nc(-c2cc4c5ccccc5n(-c5ccccc5)c4cc2O)n3-c2ccc(C(C)(C)C)cc2-c2ccccc2)c1.[Pt]. The van der Waals surface area contributed by atoms with E-state index in [1.807, 2.05) is 24.4 Å². The number of hydrogen-bond donors (Lipinski definition) is 1. The van der Waals surface area contributed by atoms with Gasteiger partial charge < -0.3 is 9.67 Å². The minimum atomic E-state index is -0.193. The van der Waals surface area contributed by atoms with Crippen molar-refractivity contribution < 1.29 is 26.2 Å². The number of nitrogens with zero attached hydrogens (tertiary/aromatic N) is 4. The van der Waals surface area contributed by atoms with Crippen molar-refractivity contribution in [3.05, 3.63) is 236 Å². The van der Waals surface area contributed by atoms with E-state index in [0.29, 0.717) is 11.4 Å². The normalized spacial score (nSPS) is 11.9. The second-order valence-electron chi connectivity index (χ2n) is 21.2. The number of imidazole rings is 1. The molecule has 74 heavy (non-hydrogen) atoms. The molecule has 0 saturated heterocycles. The third-order valence-electron chi connectivity index (χ3n) is 14.3. The summed E-state index contributed by atoms with van der Waals surface area (Å²) in [7, 11) is 0. The van der Waals surface area contributed by atoms with Gasteiger partial charge in [-0.25, -0.2) is 4.98 Å². The predicted octanol–water partition coefficient (Wildman–Crippen LogP) is 17.6. The number of rotatable bonds is 8. The molecule has 12 aromatic rings. The Morgan fingerprint density at radius 2 is 1.04 bits per heavy atom. The number of benzene rings is 9. The van der Waals surface area contributed by atoms with Crippen molar-refractivity contribution in [2.75, 3.05) is 0 Å². The predicted molar refractivity (Wildman–Crippen MR) is 304 cm³/mol. The van der Waals surface area contributed by atoms with E-state index in [4.69, 9.17) is 9.97 Å². The van der Waals surface area contributed by atoms with Crippen molar-refractivity contribution in [2.24, 2.45) is 0 Å². The van der Waals surface area contributed by atoms with Gasteiger partial charge in [-0.2, -0.15) is 0 Å². The molecule has 3 heterocycles. The first-order valence-corrected chi connectivity index (χ1v) is 25.1. The minimum Gasteiger partial charge on any atom is -0.507 e. The second-order valence-corrected chi connectivity index (χ2v) is 21.2. The Morgan fingerprint density at radius 1 is 0.432 bits per heavy atom. The summed E-state index contributed by atoms with van der Waals surface area (Å²) >= 11 is 0. The summed E-state index contributed by atoms with van der Waals surface area (Å²) in [5.41, 5.74) is 18.8. The standard InChI is InChI=1S/C68H55N4O.Pt/c1-67(2,3)51-33-34-61(56(41-51)47-21-12-8-13-22-47)72-62-28-18-26-54(65(62)70-66(72)58-42-57-55-25-16-17-27-60(55)71(63(57)43-64(58)73)53-23-14-9-15-24-53)49-37-50(39-52(38-49)68(4,5)6)59-40-48(35-36-69-59)46-31-29-45(30-32-46)44-19-10-7-11-20-44;/h7-36,38-43,73H,1-6H3;/q-1;. The van der Waals surface area contributed by atoms with Crippen LogP contribution in [0.5, 0.6) is 5.75 Å². The molecule has 364 valence electrons. The van der Waals surface area contributed by atoms with Crippen LogP contribution in [0.1, 0.15) is 52.7 Å². The maximum atomic E-state index is 12.6. The summed E-state index contributed by atoms with van der Waals surface area (Å²) in [6, 6.07) is 78.5. The van der Waals surface area contributed by atoms with Gasteiger partial charge in [0.25, 0.3) is 0 Å². The van der Waals surface area contributed by atoms with Crippen LogP contribution in [0.25, 0.3) is 111 Å². The largest absolute Gasteiger partial charge is 0.507 e. The van der Waals surface area contributed by atoms with Crippen LogP contribution in [0.3, 0.4) is 0 Å². The molecule has 0 amide bonds. The van der Waals surface area contributed by atoms with Gasteiger partial charge in [0.1, 0.15) is 11.6 Å². The molecule has 0 bridgehead atoms. The Balaban J connectivity index is 0.00000588. The van der Waals surface area contributed by atoms with Crippen LogP contribution in [-0.2, 0) is 31.9 Å². The van der Waals surface area contributed by atoms with Crippen molar-refractivity contribution in [3.63, 3.8) is 0 Å². The number of para-hydroxylation sites is 3. The van der Waals surface area contributed by atoms with E-state index in [9.17, 15) is 5.11 Å². The number of pyridine rings is 1. The molecule has 0 atom stereocenters. The van der Waals surface area contributed by atoms with Crippen molar-refractivity contribution in [1.29, 1.82) is 0 Å². The molecule has 1 N–H and O–H groups in total. The molecular weight excluding hydrogens is 1080 g/mol. The number of phenolic OH excluding ortho intramolecular Hbond substituents is 1. The van der Waals surface area contributed by atoms with Crippen LogP contribution in [0.2, 0.25) is 0 Å². The van der Waals surface area contributed by atoms with Crippen LogP contribution in [0, 0.1) is 6.07 Å². The maximum absolute atomic E-state index is 12.6. The van der Waals surface area contributed by atoms with Gasteiger partial charge in [-0.05, 0) is 92.7 Å². The molecule has 0 aliphatic heterocycles. The Hall–Kier alpha value is -8.11. The van der Waals surface area contributed by atoms with Crippen molar-refractivity contribution in [2.45, 2.75) is 52.4 Å². The number of hydrogen-bond acceptors (Lipinski definition) is 3. The molecule has 0 spiro atoms. The first-order chi connectivity index (χ1) is 35.4. The first-order valence-electron chi connectivity index (χ1n) is 25.1. The van der Waals surface area contributed by atoms with Crippen LogP contribution in [-0.4, -0.2) is 24.2 Å². The molecule has 0 fully saturated rings. The van der Waals surface area contributed by atoms with Crippen LogP contribution >= 0.6 is 0 Å². The molecule has 6 heteroatoms. The quantitative estimate of drug-likeness (QED) is 0.154. The number of aromatic nitrogens is 4. The van der Waals surface area contributed by atoms with Crippen molar-refractivity contribution in [3.8, 4) is 84.3 Å². The summed E-state index contributed by atoms with van der Waals surface area (Å²) in [6.45, 7) is 13.5. The van der Waals surface area contributed by atoms with E-state index in [1.54, 1.807) is 0 Å². The van der Waals surface area contributed by atoms with Gasteiger partial charge in [0.15, 0.2) is 0 Å². The van der Waals surface area contributed by atoms with Crippen LogP contribution in [0.15, 0.2) is 219 Å². The molecular formula is C68H55N4OPt-. The molecule has 0 aliphatic rings. The summed E-state index contributed by atoms with van der Waals surface area (Å²) in [6.07, 6.45) is 1.90. The minimum absolute atomic E-state index is 0. The Labute approximate surface area is 447 Å². The van der Waals surface area contributed by atoms with Gasteiger partial charge in [-0.3, -0.25) is 9.55 Å². The molecule has 12 rings (SSSR count). The zero-order valence-corrected chi connectivity index (χ0v) is 44.6. The average molecular weight is 1140 g/mol. The molecule has 3 aromatic heterocycles. The fourth-order valence-electron chi connectivity index (χ4n) is 10.4. The van der Waals surface area contributed by atoms with Gasteiger partial charge in [0.05, 0.1) is 33.3 Å². The van der Waals surface area contributed by atoms with Crippen molar-refractivity contribution >= 4 is 32.8 Å². The third kappa shape index (κ3) is 8.75. The molecule has 0 radical (unpaired) electrons. The van der Waals surface area contributed by atoms with E-state index in [1.165, 1.54) is 16.7 Å². The summed E-state index contributed by atoms with van der Waals surface area (Å²) in [5.74, 6) is 0.779. The zero-order valence-electron chi connectivity index (χ0n) is 42.3.